The Kier molecular flexibility index (Phi) is 4.66. The highest BCUT2D eigenvalue weighted by Gasteiger charge is 2.07. The molecule has 21 heavy (non-hydrogen) atoms. The third kappa shape index (κ3) is 3.86. The van der Waals surface area contributed by atoms with Gasteiger partial charge in [0, 0.05) is 16.1 Å². The number of carbonyl (C=O) groups is 1. The fourth-order valence-electron chi connectivity index (χ4n) is 2.03. The highest BCUT2D eigenvalue weighted by Crippen LogP contribution is 2.16. The van der Waals surface area contributed by atoms with Gasteiger partial charge in [-0.15, -0.1) is 0 Å². The van der Waals surface area contributed by atoms with E-state index >= 15 is 0 Å². The summed E-state index contributed by atoms with van der Waals surface area (Å²) in [6, 6.07) is 12.7. The van der Waals surface area contributed by atoms with Crippen molar-refractivity contribution in [3.8, 4) is 0 Å². The lowest BCUT2D eigenvalue weighted by Crippen LogP contribution is -2.35. The van der Waals surface area contributed by atoms with E-state index < -0.39 is 0 Å². The molecule has 2 rings (SSSR count). The van der Waals surface area contributed by atoms with E-state index in [1.807, 2.05) is 26.0 Å². The van der Waals surface area contributed by atoms with Gasteiger partial charge in [0.05, 0.1) is 5.70 Å². The molecule has 0 fully saturated rings. The number of benzene rings is 2. The number of hydrogen-bond donors (Lipinski definition) is 2. The molecule has 4 heteroatoms. The van der Waals surface area contributed by atoms with Crippen molar-refractivity contribution in [2.24, 2.45) is 0 Å². The molecule has 2 N–H and O–H groups in total. The van der Waals surface area contributed by atoms with Gasteiger partial charge in [-0.05, 0) is 43.7 Å². The highest BCUT2D eigenvalue weighted by atomic mass is 35.5. The molecule has 0 bridgehead atoms. The smallest absolute Gasteiger partial charge is 0.269 e. The van der Waals surface area contributed by atoms with Crippen LogP contribution in [0.1, 0.15) is 27.0 Å². The Morgan fingerprint density at radius 1 is 1.05 bits per heavy atom. The minimum Gasteiger partial charge on any atom is -0.298 e. The minimum atomic E-state index is -0.238. The molecule has 0 radical (unpaired) electrons. The van der Waals surface area contributed by atoms with Gasteiger partial charge in [-0.2, -0.15) is 0 Å². The standard InChI is InChI=1S/C17H17ClN2O/c1-11-4-9-16(12(2)10-11)13(3)19-20-17(21)14-5-7-15(18)8-6-14/h4-10,19H,3H2,1-2H3,(H,20,21). The van der Waals surface area contributed by atoms with E-state index in [0.29, 0.717) is 16.3 Å². The summed E-state index contributed by atoms with van der Waals surface area (Å²) in [5.74, 6) is -0.238. The summed E-state index contributed by atoms with van der Waals surface area (Å²) in [5, 5.41) is 0.596. The molecule has 0 unspecified atom stereocenters. The summed E-state index contributed by atoms with van der Waals surface area (Å²) < 4.78 is 0. The van der Waals surface area contributed by atoms with Gasteiger partial charge in [0.2, 0.25) is 0 Å². The Bertz CT molecular complexity index is 678. The lowest BCUT2D eigenvalue weighted by atomic mass is 10.0. The van der Waals surface area contributed by atoms with Crippen molar-refractivity contribution in [2.45, 2.75) is 13.8 Å². The van der Waals surface area contributed by atoms with Crippen LogP contribution in [0.15, 0.2) is 49.0 Å². The van der Waals surface area contributed by atoms with Gasteiger partial charge in [0.1, 0.15) is 0 Å². The molecule has 0 aliphatic heterocycles. The van der Waals surface area contributed by atoms with E-state index in [1.165, 1.54) is 5.56 Å². The predicted octanol–water partition coefficient (Wildman–Crippen LogP) is 3.86. The molecule has 3 nitrogen and oxygen atoms in total. The number of hydrogen-bond acceptors (Lipinski definition) is 2. The fourth-order valence-corrected chi connectivity index (χ4v) is 2.15. The zero-order valence-corrected chi connectivity index (χ0v) is 12.8. The Balaban J connectivity index is 2.00. The fraction of sp³-hybridized carbons (Fsp3) is 0.118. The molecular formula is C17H17ClN2O. The largest absolute Gasteiger partial charge is 0.298 e. The second kappa shape index (κ2) is 6.46. The first-order chi connectivity index (χ1) is 9.97. The SMILES string of the molecule is C=C(NNC(=O)c1ccc(Cl)cc1)c1ccc(C)cc1C. The van der Waals surface area contributed by atoms with Crippen LogP contribution in [-0.2, 0) is 0 Å². The zero-order valence-electron chi connectivity index (χ0n) is 12.0. The summed E-state index contributed by atoms with van der Waals surface area (Å²) in [4.78, 5) is 12.0. The number of halogens is 1. The van der Waals surface area contributed by atoms with E-state index in [-0.39, 0.29) is 5.91 Å². The molecule has 0 aromatic heterocycles. The molecular weight excluding hydrogens is 284 g/mol. The van der Waals surface area contributed by atoms with E-state index in [2.05, 4.69) is 23.5 Å². The topological polar surface area (TPSA) is 41.1 Å². The lowest BCUT2D eigenvalue weighted by molar-refractivity contribution is 0.0942. The Morgan fingerprint density at radius 2 is 1.71 bits per heavy atom. The molecule has 0 heterocycles. The van der Waals surface area contributed by atoms with E-state index in [4.69, 9.17) is 11.6 Å². The van der Waals surface area contributed by atoms with Gasteiger partial charge < -0.3 is 0 Å². The van der Waals surface area contributed by atoms with Gasteiger partial charge >= 0.3 is 0 Å². The number of rotatable bonds is 4. The van der Waals surface area contributed by atoms with Crippen molar-refractivity contribution in [1.82, 2.24) is 10.9 Å². The second-order valence-electron chi connectivity index (χ2n) is 4.88. The molecule has 0 saturated carbocycles. The molecule has 2 aromatic carbocycles. The van der Waals surface area contributed by atoms with Crippen LogP contribution in [0.25, 0.3) is 5.70 Å². The maximum absolute atomic E-state index is 12.0. The Morgan fingerprint density at radius 3 is 2.33 bits per heavy atom. The van der Waals surface area contributed by atoms with Gasteiger partial charge in [-0.25, -0.2) is 0 Å². The average Bonchev–Trinajstić information content (AvgIpc) is 2.45. The third-order valence-corrected chi connectivity index (χ3v) is 3.39. The second-order valence-corrected chi connectivity index (χ2v) is 5.32. The normalized spacial score (nSPS) is 10.0. The van der Waals surface area contributed by atoms with Crippen LogP contribution >= 0.6 is 11.6 Å². The van der Waals surface area contributed by atoms with E-state index in [0.717, 1.165) is 11.1 Å². The van der Waals surface area contributed by atoms with Crippen LogP contribution < -0.4 is 10.9 Å². The van der Waals surface area contributed by atoms with Crippen LogP contribution in [0, 0.1) is 13.8 Å². The first kappa shape index (κ1) is 15.1. The first-order valence-corrected chi connectivity index (χ1v) is 6.93. The van der Waals surface area contributed by atoms with Crippen molar-refractivity contribution >= 4 is 23.2 Å². The monoisotopic (exact) mass is 300 g/mol. The van der Waals surface area contributed by atoms with Gasteiger partial charge in [0.25, 0.3) is 5.91 Å². The summed E-state index contributed by atoms with van der Waals surface area (Å²) in [7, 11) is 0. The first-order valence-electron chi connectivity index (χ1n) is 6.56. The highest BCUT2D eigenvalue weighted by molar-refractivity contribution is 6.30. The van der Waals surface area contributed by atoms with Crippen molar-refractivity contribution in [2.75, 3.05) is 0 Å². The van der Waals surface area contributed by atoms with E-state index in [1.54, 1.807) is 24.3 Å². The summed E-state index contributed by atoms with van der Waals surface area (Å²) >= 11 is 5.79. The van der Waals surface area contributed by atoms with Crippen LogP contribution in [0.4, 0.5) is 0 Å². The molecule has 108 valence electrons. The molecule has 1 amide bonds. The van der Waals surface area contributed by atoms with Crippen molar-refractivity contribution < 1.29 is 4.79 Å². The average molecular weight is 301 g/mol. The van der Waals surface area contributed by atoms with Crippen LogP contribution in [0.5, 0.6) is 0 Å². The quantitative estimate of drug-likeness (QED) is 0.842. The maximum atomic E-state index is 12.0. The Hall–Kier alpha value is -2.26. The lowest BCUT2D eigenvalue weighted by Gasteiger charge is -2.13. The molecule has 0 saturated heterocycles. The predicted molar refractivity (Wildman–Crippen MR) is 87.0 cm³/mol. The van der Waals surface area contributed by atoms with Gasteiger partial charge in [-0.1, -0.05) is 41.9 Å². The number of amides is 1. The maximum Gasteiger partial charge on any atom is 0.269 e. The molecule has 0 aliphatic carbocycles. The summed E-state index contributed by atoms with van der Waals surface area (Å²) in [6.07, 6.45) is 0. The summed E-state index contributed by atoms with van der Waals surface area (Å²) in [5.41, 5.74) is 9.91. The minimum absolute atomic E-state index is 0.238. The third-order valence-electron chi connectivity index (χ3n) is 3.14. The van der Waals surface area contributed by atoms with Crippen LogP contribution in [-0.4, -0.2) is 5.91 Å². The molecule has 0 atom stereocenters. The number of nitrogens with one attached hydrogen (secondary N) is 2. The van der Waals surface area contributed by atoms with E-state index in [9.17, 15) is 4.79 Å². The van der Waals surface area contributed by atoms with Crippen LogP contribution in [0.2, 0.25) is 5.02 Å². The number of carbonyl (C=O) groups excluding carboxylic acids is 1. The molecule has 2 aromatic rings. The molecule has 0 spiro atoms. The summed E-state index contributed by atoms with van der Waals surface area (Å²) in [6.45, 7) is 8.00. The zero-order chi connectivity index (χ0) is 15.4. The Labute approximate surface area is 129 Å². The van der Waals surface area contributed by atoms with Gasteiger partial charge in [0.15, 0.2) is 0 Å². The van der Waals surface area contributed by atoms with Crippen molar-refractivity contribution in [3.63, 3.8) is 0 Å². The van der Waals surface area contributed by atoms with Crippen LogP contribution in [0.3, 0.4) is 0 Å². The number of hydrazine groups is 1. The van der Waals surface area contributed by atoms with Crippen molar-refractivity contribution in [1.29, 1.82) is 0 Å². The van der Waals surface area contributed by atoms with Gasteiger partial charge in [-0.3, -0.25) is 15.6 Å². The molecule has 0 aliphatic rings. The van der Waals surface area contributed by atoms with Crippen molar-refractivity contribution in [3.05, 3.63) is 76.3 Å². The number of aryl methyl sites for hydroxylation is 2.